The van der Waals surface area contributed by atoms with Gasteiger partial charge in [-0.3, -0.25) is 0 Å². The highest BCUT2D eigenvalue weighted by atomic mass is 32.2. The Morgan fingerprint density at radius 3 is 2.25 bits per heavy atom. The maximum absolute atomic E-state index is 11.3. The summed E-state index contributed by atoms with van der Waals surface area (Å²) in [5.41, 5.74) is 0. The first-order valence-electron chi connectivity index (χ1n) is 3.91. The largest absolute Gasteiger partial charge is 0.457 e. The summed E-state index contributed by atoms with van der Waals surface area (Å²) < 4.78 is 26.8. The summed E-state index contributed by atoms with van der Waals surface area (Å²) >= 11 is 0. The minimum atomic E-state index is -3.65. The van der Waals surface area contributed by atoms with Gasteiger partial charge in [0.1, 0.15) is 0 Å². The molecule has 0 spiro atoms. The zero-order chi connectivity index (χ0) is 9.19. The van der Waals surface area contributed by atoms with E-state index in [0.717, 1.165) is 20.0 Å². The first-order chi connectivity index (χ1) is 5.59. The molecule has 0 amide bonds. The fraction of sp³-hybridized carbons (Fsp3) is 0.857. The number of ether oxygens (including phenoxy) is 1. The maximum Gasteiger partial charge on any atom is 0.424 e. The lowest BCUT2D eigenvalue weighted by Crippen LogP contribution is -2.26. The number of carbonyl (C=O) groups is 1. The van der Waals surface area contributed by atoms with Crippen molar-refractivity contribution in [3.8, 4) is 0 Å². The summed E-state index contributed by atoms with van der Waals surface area (Å²) in [6, 6.07) is 0. The first kappa shape index (κ1) is 9.51. The zero-order valence-electron chi connectivity index (χ0n) is 6.95. The van der Waals surface area contributed by atoms with Gasteiger partial charge in [-0.05, 0) is 12.8 Å². The van der Waals surface area contributed by atoms with Gasteiger partial charge in [0, 0.05) is 0 Å². The van der Waals surface area contributed by atoms with Crippen LogP contribution in [0.5, 0.6) is 0 Å². The molecule has 4 nitrogen and oxygen atoms in total. The van der Waals surface area contributed by atoms with Crippen molar-refractivity contribution in [2.24, 2.45) is 0 Å². The SMILES string of the molecule is COC(=O)S(=O)(=O)C1CCCC1. The highest BCUT2D eigenvalue weighted by Crippen LogP contribution is 2.25. The normalized spacial score (nSPS) is 19.4. The van der Waals surface area contributed by atoms with Crippen LogP contribution < -0.4 is 0 Å². The second-order valence-electron chi connectivity index (χ2n) is 2.91. The average Bonchev–Trinajstić information content (AvgIpc) is 2.55. The molecule has 1 saturated carbocycles. The van der Waals surface area contributed by atoms with E-state index in [-0.39, 0.29) is 0 Å². The van der Waals surface area contributed by atoms with Gasteiger partial charge in [-0.25, -0.2) is 13.2 Å². The number of hydrogen-bond acceptors (Lipinski definition) is 4. The van der Waals surface area contributed by atoms with Crippen molar-refractivity contribution in [2.45, 2.75) is 30.9 Å². The van der Waals surface area contributed by atoms with Crippen LogP contribution in [0.15, 0.2) is 0 Å². The van der Waals surface area contributed by atoms with Gasteiger partial charge in [0.05, 0.1) is 12.4 Å². The van der Waals surface area contributed by atoms with Gasteiger partial charge in [0.2, 0.25) is 0 Å². The van der Waals surface area contributed by atoms with Crippen molar-refractivity contribution in [1.29, 1.82) is 0 Å². The number of carbonyl (C=O) groups excluding carboxylic acids is 1. The molecular formula is C7H12O4S. The molecule has 0 bridgehead atoms. The highest BCUT2D eigenvalue weighted by molar-refractivity contribution is 8.06. The van der Waals surface area contributed by atoms with Crippen LogP contribution in [0.1, 0.15) is 25.7 Å². The molecule has 12 heavy (non-hydrogen) atoms. The smallest absolute Gasteiger partial charge is 0.424 e. The molecule has 0 aliphatic heterocycles. The Morgan fingerprint density at radius 2 is 1.83 bits per heavy atom. The van der Waals surface area contributed by atoms with E-state index < -0.39 is 20.4 Å². The number of rotatable bonds is 1. The van der Waals surface area contributed by atoms with E-state index in [1.54, 1.807) is 0 Å². The zero-order valence-corrected chi connectivity index (χ0v) is 7.76. The van der Waals surface area contributed by atoms with Gasteiger partial charge < -0.3 is 4.74 Å². The average molecular weight is 192 g/mol. The van der Waals surface area contributed by atoms with Crippen LogP contribution in [0.2, 0.25) is 0 Å². The van der Waals surface area contributed by atoms with Crippen LogP contribution in [0.25, 0.3) is 0 Å². The third-order valence-electron chi connectivity index (χ3n) is 2.14. The Labute approximate surface area is 71.8 Å². The van der Waals surface area contributed by atoms with Crippen molar-refractivity contribution >= 4 is 15.1 Å². The lowest BCUT2D eigenvalue weighted by Gasteiger charge is -2.07. The minimum Gasteiger partial charge on any atom is -0.457 e. The van der Waals surface area contributed by atoms with Crippen LogP contribution in [0.3, 0.4) is 0 Å². The molecule has 5 heteroatoms. The fourth-order valence-corrected chi connectivity index (χ4v) is 2.91. The van der Waals surface area contributed by atoms with Gasteiger partial charge in [0.25, 0.3) is 9.84 Å². The Morgan fingerprint density at radius 1 is 1.33 bits per heavy atom. The van der Waals surface area contributed by atoms with E-state index in [2.05, 4.69) is 4.74 Å². The van der Waals surface area contributed by atoms with Crippen molar-refractivity contribution in [3.05, 3.63) is 0 Å². The van der Waals surface area contributed by atoms with Crippen LogP contribution in [0, 0.1) is 0 Å². The van der Waals surface area contributed by atoms with E-state index >= 15 is 0 Å². The lowest BCUT2D eigenvalue weighted by molar-refractivity contribution is 0.197. The van der Waals surface area contributed by atoms with E-state index in [9.17, 15) is 13.2 Å². The predicted octanol–water partition coefficient (Wildman–Crippen LogP) is 1.11. The molecule has 0 aromatic heterocycles. The summed E-state index contributed by atoms with van der Waals surface area (Å²) in [7, 11) is -2.56. The van der Waals surface area contributed by atoms with Crippen LogP contribution in [-0.2, 0) is 14.6 Å². The molecule has 0 saturated heterocycles. The maximum atomic E-state index is 11.3. The first-order valence-corrected chi connectivity index (χ1v) is 5.45. The Balaban J connectivity index is 2.77. The number of hydrogen-bond donors (Lipinski definition) is 0. The summed E-state index contributed by atoms with van der Waals surface area (Å²) in [6.07, 6.45) is 2.97. The molecule has 0 atom stereocenters. The summed E-state index contributed by atoms with van der Waals surface area (Å²) in [5, 5.41) is -1.58. The number of sulfone groups is 1. The van der Waals surface area contributed by atoms with Gasteiger partial charge in [-0.1, -0.05) is 12.8 Å². The molecule has 1 fully saturated rings. The van der Waals surface area contributed by atoms with Crippen LogP contribution in [-0.4, -0.2) is 26.1 Å². The molecule has 1 rings (SSSR count). The molecule has 0 heterocycles. The third-order valence-corrected chi connectivity index (χ3v) is 4.12. The monoisotopic (exact) mass is 192 g/mol. The van der Waals surface area contributed by atoms with Crippen molar-refractivity contribution < 1.29 is 17.9 Å². The molecule has 1 aliphatic carbocycles. The van der Waals surface area contributed by atoms with Crippen molar-refractivity contribution in [2.75, 3.05) is 7.11 Å². The second kappa shape index (κ2) is 3.43. The molecule has 70 valence electrons. The lowest BCUT2D eigenvalue weighted by atomic mass is 10.4. The summed E-state index contributed by atoms with van der Waals surface area (Å²) in [4.78, 5) is 10.8. The quantitative estimate of drug-likeness (QED) is 0.584. The molecule has 1 aliphatic rings. The summed E-state index contributed by atoms with van der Waals surface area (Å²) in [5.74, 6) is 0. The summed E-state index contributed by atoms with van der Waals surface area (Å²) in [6.45, 7) is 0. The van der Waals surface area contributed by atoms with Crippen molar-refractivity contribution in [1.82, 2.24) is 0 Å². The van der Waals surface area contributed by atoms with E-state index in [0.29, 0.717) is 12.8 Å². The molecular weight excluding hydrogens is 180 g/mol. The molecule has 0 N–H and O–H groups in total. The Kier molecular flexibility index (Phi) is 2.72. The van der Waals surface area contributed by atoms with Gasteiger partial charge in [-0.2, -0.15) is 0 Å². The van der Waals surface area contributed by atoms with E-state index in [1.165, 1.54) is 0 Å². The second-order valence-corrected chi connectivity index (χ2v) is 5.00. The van der Waals surface area contributed by atoms with E-state index in [1.807, 2.05) is 0 Å². The third kappa shape index (κ3) is 1.60. The fourth-order valence-electron chi connectivity index (χ4n) is 1.45. The highest BCUT2D eigenvalue weighted by Gasteiger charge is 2.35. The van der Waals surface area contributed by atoms with Gasteiger partial charge >= 0.3 is 5.30 Å². The molecule has 0 radical (unpaired) electrons. The van der Waals surface area contributed by atoms with Crippen LogP contribution >= 0.6 is 0 Å². The standard InChI is InChI=1S/C7H12O4S/c1-11-7(8)12(9,10)6-4-2-3-5-6/h6H,2-5H2,1H3. The predicted molar refractivity (Wildman–Crippen MR) is 43.6 cm³/mol. The molecule has 0 aromatic rings. The minimum absolute atomic E-state index is 0.495. The van der Waals surface area contributed by atoms with Gasteiger partial charge in [-0.15, -0.1) is 0 Å². The number of methoxy groups -OCH3 is 1. The van der Waals surface area contributed by atoms with Crippen LogP contribution in [0.4, 0.5) is 4.79 Å². The van der Waals surface area contributed by atoms with E-state index in [4.69, 9.17) is 0 Å². The molecule has 0 aromatic carbocycles. The topological polar surface area (TPSA) is 60.4 Å². The molecule has 0 unspecified atom stereocenters. The van der Waals surface area contributed by atoms with Gasteiger partial charge in [0.15, 0.2) is 0 Å². The Bertz CT molecular complexity index is 261. The van der Waals surface area contributed by atoms with Crippen molar-refractivity contribution in [3.63, 3.8) is 0 Å². The Hall–Kier alpha value is -0.580.